The maximum Gasteiger partial charge on any atom is 0.327 e. The van der Waals surface area contributed by atoms with Crippen molar-refractivity contribution in [2.24, 2.45) is 0 Å². The highest BCUT2D eigenvalue weighted by molar-refractivity contribution is 6.09. The summed E-state index contributed by atoms with van der Waals surface area (Å²) in [5.41, 5.74) is 5.91. The van der Waals surface area contributed by atoms with Crippen LogP contribution < -0.4 is 15.5 Å². The van der Waals surface area contributed by atoms with Gasteiger partial charge in [0.1, 0.15) is 0 Å². The van der Waals surface area contributed by atoms with E-state index in [1.54, 1.807) is 4.90 Å². The molecule has 1 unspecified atom stereocenters. The fourth-order valence-electron chi connectivity index (χ4n) is 4.53. The molecular weight excluding hydrogens is 398 g/mol. The van der Waals surface area contributed by atoms with Crippen molar-refractivity contribution in [3.8, 4) is 0 Å². The predicted molar refractivity (Wildman–Crippen MR) is 128 cm³/mol. The molecule has 5 nitrogen and oxygen atoms in total. The highest BCUT2D eigenvalue weighted by Gasteiger charge is 2.39. The SMILES string of the molecule is Cc1ccc(NC(=O)N2c3ccccc3NC3=C(C(=O)CCC3)C2c2ccccc2)cc1. The molecule has 1 aliphatic heterocycles. The molecule has 0 radical (unpaired) electrons. The standard InChI is InChI=1S/C27H25N3O2/c1-18-14-16-20(17-15-18)28-27(32)30-23-12-6-5-10-21(23)29-22-11-7-13-24(31)25(22)26(30)19-8-3-2-4-9-19/h2-6,8-10,12,14-17,26,29H,7,11,13H2,1H3,(H,28,32). The summed E-state index contributed by atoms with van der Waals surface area (Å²) >= 11 is 0. The van der Waals surface area contributed by atoms with Crippen molar-refractivity contribution in [3.63, 3.8) is 0 Å². The first-order valence-electron chi connectivity index (χ1n) is 11.0. The van der Waals surface area contributed by atoms with Gasteiger partial charge in [-0.2, -0.15) is 0 Å². The van der Waals surface area contributed by atoms with Crippen LogP contribution in [0, 0.1) is 6.92 Å². The summed E-state index contributed by atoms with van der Waals surface area (Å²) in [6.07, 6.45) is 2.09. The van der Waals surface area contributed by atoms with Crippen molar-refractivity contribution in [1.82, 2.24) is 0 Å². The Morgan fingerprint density at radius 2 is 1.66 bits per heavy atom. The average Bonchev–Trinajstić information content (AvgIpc) is 2.96. The minimum Gasteiger partial charge on any atom is -0.357 e. The molecule has 160 valence electrons. The van der Waals surface area contributed by atoms with Gasteiger partial charge in [0.15, 0.2) is 5.78 Å². The maximum absolute atomic E-state index is 13.8. The molecule has 2 amide bonds. The van der Waals surface area contributed by atoms with Gasteiger partial charge < -0.3 is 10.6 Å². The zero-order valence-corrected chi connectivity index (χ0v) is 18.0. The number of carbonyl (C=O) groups excluding carboxylic acids is 2. The highest BCUT2D eigenvalue weighted by Crippen LogP contribution is 2.44. The molecule has 5 heteroatoms. The van der Waals surface area contributed by atoms with Crippen molar-refractivity contribution >= 4 is 28.9 Å². The van der Waals surface area contributed by atoms with Gasteiger partial charge in [0.25, 0.3) is 0 Å². The highest BCUT2D eigenvalue weighted by atomic mass is 16.2. The molecule has 3 aromatic rings. The number of nitrogens with one attached hydrogen (secondary N) is 2. The average molecular weight is 424 g/mol. The normalized spacial score (nSPS) is 17.7. The van der Waals surface area contributed by atoms with Crippen molar-refractivity contribution in [1.29, 1.82) is 0 Å². The Bertz CT molecular complexity index is 1200. The van der Waals surface area contributed by atoms with Crippen LogP contribution in [0.5, 0.6) is 0 Å². The lowest BCUT2D eigenvalue weighted by Crippen LogP contribution is -2.40. The largest absolute Gasteiger partial charge is 0.357 e. The summed E-state index contributed by atoms with van der Waals surface area (Å²) in [5.74, 6) is 0.0912. The number of ketones is 1. The van der Waals surface area contributed by atoms with Gasteiger partial charge >= 0.3 is 6.03 Å². The number of Topliss-reactive ketones (excluding diaryl/α,β-unsaturated/α-hetero) is 1. The number of carbonyl (C=O) groups is 2. The van der Waals surface area contributed by atoms with Crippen LogP contribution in [0.4, 0.5) is 21.9 Å². The number of allylic oxidation sites excluding steroid dienone is 1. The number of urea groups is 1. The van der Waals surface area contributed by atoms with Gasteiger partial charge in [-0.15, -0.1) is 0 Å². The second kappa shape index (κ2) is 8.35. The molecule has 0 bridgehead atoms. The third-order valence-electron chi connectivity index (χ3n) is 6.07. The Morgan fingerprint density at radius 1 is 0.938 bits per heavy atom. The molecule has 0 fully saturated rings. The minimum atomic E-state index is -0.513. The lowest BCUT2D eigenvalue weighted by Gasteiger charge is -2.33. The Labute approximate surface area is 187 Å². The van der Waals surface area contributed by atoms with E-state index in [-0.39, 0.29) is 11.8 Å². The fraction of sp³-hybridized carbons (Fsp3) is 0.185. The lowest BCUT2D eigenvalue weighted by molar-refractivity contribution is -0.116. The smallest absolute Gasteiger partial charge is 0.327 e. The number of para-hydroxylation sites is 2. The van der Waals surface area contributed by atoms with E-state index in [0.29, 0.717) is 17.7 Å². The van der Waals surface area contributed by atoms with Crippen LogP contribution in [-0.2, 0) is 4.79 Å². The summed E-state index contributed by atoms with van der Waals surface area (Å²) in [5, 5.41) is 6.53. The second-order valence-electron chi connectivity index (χ2n) is 8.29. The monoisotopic (exact) mass is 423 g/mol. The molecule has 3 aromatic carbocycles. The molecule has 1 atom stereocenters. The molecule has 1 heterocycles. The van der Waals surface area contributed by atoms with Crippen LogP contribution in [0.1, 0.15) is 36.4 Å². The number of hydrogen-bond donors (Lipinski definition) is 2. The third-order valence-corrected chi connectivity index (χ3v) is 6.07. The van der Waals surface area contributed by atoms with Crippen LogP contribution in [0.3, 0.4) is 0 Å². The van der Waals surface area contributed by atoms with Crippen LogP contribution in [0.15, 0.2) is 90.1 Å². The first-order chi connectivity index (χ1) is 15.6. The zero-order valence-electron chi connectivity index (χ0n) is 18.0. The molecular formula is C27H25N3O2. The number of amides is 2. The van der Waals surface area contributed by atoms with E-state index in [9.17, 15) is 9.59 Å². The lowest BCUT2D eigenvalue weighted by atomic mass is 9.86. The van der Waals surface area contributed by atoms with E-state index in [1.165, 1.54) is 0 Å². The summed E-state index contributed by atoms with van der Waals surface area (Å²) in [7, 11) is 0. The molecule has 1 aliphatic carbocycles. The van der Waals surface area contributed by atoms with Gasteiger partial charge in [0, 0.05) is 23.4 Å². The maximum atomic E-state index is 13.8. The predicted octanol–water partition coefficient (Wildman–Crippen LogP) is 6.21. The molecule has 0 saturated heterocycles. The topological polar surface area (TPSA) is 61.4 Å². The number of aryl methyl sites for hydroxylation is 1. The van der Waals surface area contributed by atoms with Crippen molar-refractivity contribution in [2.45, 2.75) is 32.2 Å². The van der Waals surface area contributed by atoms with Crippen molar-refractivity contribution in [3.05, 3.63) is 101 Å². The van der Waals surface area contributed by atoms with E-state index >= 15 is 0 Å². The number of nitrogens with zero attached hydrogens (tertiary/aromatic N) is 1. The quantitative estimate of drug-likeness (QED) is 0.515. The van der Waals surface area contributed by atoms with E-state index in [2.05, 4.69) is 10.6 Å². The molecule has 2 N–H and O–H groups in total. The Balaban J connectivity index is 1.68. The minimum absolute atomic E-state index is 0.0912. The van der Waals surface area contributed by atoms with Gasteiger partial charge in [-0.3, -0.25) is 9.69 Å². The Kier molecular flexibility index (Phi) is 5.23. The summed E-state index contributed by atoms with van der Waals surface area (Å²) in [6, 6.07) is 24.5. The Hall–Kier alpha value is -3.86. The zero-order chi connectivity index (χ0) is 22.1. The first-order valence-corrected chi connectivity index (χ1v) is 11.0. The van der Waals surface area contributed by atoms with Crippen LogP contribution >= 0.6 is 0 Å². The van der Waals surface area contributed by atoms with Gasteiger partial charge in [-0.25, -0.2) is 4.79 Å². The van der Waals surface area contributed by atoms with Crippen molar-refractivity contribution in [2.75, 3.05) is 15.5 Å². The molecule has 5 rings (SSSR count). The Morgan fingerprint density at radius 3 is 2.44 bits per heavy atom. The molecule has 0 aromatic heterocycles. The summed E-state index contributed by atoms with van der Waals surface area (Å²) in [6.45, 7) is 2.01. The van der Waals surface area contributed by atoms with Gasteiger partial charge in [-0.1, -0.05) is 60.2 Å². The van der Waals surface area contributed by atoms with E-state index in [1.807, 2.05) is 85.8 Å². The molecule has 0 spiro atoms. The number of hydrogen-bond acceptors (Lipinski definition) is 3. The third kappa shape index (κ3) is 3.66. The van der Waals surface area contributed by atoms with E-state index in [0.717, 1.165) is 41.0 Å². The van der Waals surface area contributed by atoms with Gasteiger partial charge in [0.2, 0.25) is 0 Å². The first kappa shape index (κ1) is 20.1. The van der Waals surface area contributed by atoms with Crippen molar-refractivity contribution < 1.29 is 9.59 Å². The number of fused-ring (bicyclic) bond motifs is 1. The van der Waals surface area contributed by atoms with Crippen LogP contribution in [0.2, 0.25) is 0 Å². The second-order valence-corrected chi connectivity index (χ2v) is 8.29. The number of benzene rings is 3. The van der Waals surface area contributed by atoms with E-state index in [4.69, 9.17) is 0 Å². The summed E-state index contributed by atoms with van der Waals surface area (Å²) in [4.78, 5) is 28.7. The molecule has 2 aliphatic rings. The number of anilines is 3. The molecule has 0 saturated carbocycles. The van der Waals surface area contributed by atoms with Gasteiger partial charge in [-0.05, 0) is 49.6 Å². The van der Waals surface area contributed by atoms with Crippen LogP contribution in [0.25, 0.3) is 0 Å². The molecule has 32 heavy (non-hydrogen) atoms. The fourth-order valence-corrected chi connectivity index (χ4v) is 4.53. The van der Waals surface area contributed by atoms with Gasteiger partial charge in [0.05, 0.1) is 17.4 Å². The number of rotatable bonds is 2. The van der Waals surface area contributed by atoms with Crippen LogP contribution in [-0.4, -0.2) is 11.8 Å². The van der Waals surface area contributed by atoms with E-state index < -0.39 is 6.04 Å². The summed E-state index contributed by atoms with van der Waals surface area (Å²) < 4.78 is 0.